The molecule has 3 aromatic rings. The molecule has 5 rings (SSSR count). The minimum Gasteiger partial charge on any atom is -0.369 e. The van der Waals surface area contributed by atoms with E-state index in [1.54, 1.807) is 12.3 Å². The van der Waals surface area contributed by atoms with E-state index < -0.39 is 0 Å². The summed E-state index contributed by atoms with van der Waals surface area (Å²) < 4.78 is 0. The van der Waals surface area contributed by atoms with Crippen molar-refractivity contribution in [3.8, 4) is 0 Å². The average molecular weight is 401 g/mol. The lowest BCUT2D eigenvalue weighted by Gasteiger charge is -2.34. The number of nitrogens with one attached hydrogen (secondary N) is 3. The van der Waals surface area contributed by atoms with E-state index in [0.717, 1.165) is 48.3 Å². The summed E-state index contributed by atoms with van der Waals surface area (Å²) in [7, 11) is 2.15. The molecule has 2 aromatic carbocycles. The van der Waals surface area contributed by atoms with Crippen LogP contribution in [0.3, 0.4) is 0 Å². The lowest BCUT2D eigenvalue weighted by Crippen LogP contribution is -2.44. The van der Waals surface area contributed by atoms with E-state index in [9.17, 15) is 4.79 Å². The molecular formula is C22H23N7O. The topological polar surface area (TPSA) is 88.7 Å². The molecular weight excluding hydrogens is 378 g/mol. The smallest absolute Gasteiger partial charge is 0.276 e. The Hall–Kier alpha value is -3.65. The van der Waals surface area contributed by atoms with E-state index in [1.165, 1.54) is 5.69 Å². The first-order chi connectivity index (χ1) is 14.6. The number of nitrogens with zero attached hydrogens (tertiary/aromatic N) is 4. The zero-order chi connectivity index (χ0) is 20.5. The van der Waals surface area contributed by atoms with E-state index in [-0.39, 0.29) is 5.91 Å². The van der Waals surface area contributed by atoms with Crippen molar-refractivity contribution in [2.24, 2.45) is 4.99 Å². The molecule has 2 aliphatic rings. The number of guanidine groups is 1. The Bertz CT molecular complexity index is 1140. The number of amides is 1. The van der Waals surface area contributed by atoms with Crippen LogP contribution in [0.2, 0.25) is 0 Å². The molecule has 0 atom stereocenters. The predicted molar refractivity (Wildman–Crippen MR) is 119 cm³/mol. The van der Waals surface area contributed by atoms with E-state index >= 15 is 0 Å². The number of carbonyl (C=O) groups excluding carboxylic acids is 1. The van der Waals surface area contributed by atoms with Gasteiger partial charge in [-0.15, -0.1) is 0 Å². The van der Waals surface area contributed by atoms with Gasteiger partial charge in [0.05, 0.1) is 11.7 Å². The van der Waals surface area contributed by atoms with Crippen LogP contribution in [0.1, 0.15) is 5.56 Å². The number of benzene rings is 2. The van der Waals surface area contributed by atoms with Crippen LogP contribution < -0.4 is 15.5 Å². The van der Waals surface area contributed by atoms with Crippen LogP contribution in [0.5, 0.6) is 0 Å². The van der Waals surface area contributed by atoms with Crippen molar-refractivity contribution in [1.82, 2.24) is 20.4 Å². The molecule has 1 amide bonds. The SMILES string of the molecule is CN1CCN(c2ccc(NC3=N/C(=C\c4ccc5[nH]ncc5c4)C(=O)N3)cc2)CC1. The Morgan fingerprint density at radius 3 is 2.67 bits per heavy atom. The normalized spacial score (nSPS) is 18.7. The minimum atomic E-state index is -0.223. The summed E-state index contributed by atoms with van der Waals surface area (Å²) in [6, 6.07) is 14.1. The largest absolute Gasteiger partial charge is 0.369 e. The van der Waals surface area contributed by atoms with E-state index in [2.05, 4.69) is 54.8 Å². The van der Waals surface area contributed by atoms with Gasteiger partial charge < -0.3 is 15.1 Å². The van der Waals surface area contributed by atoms with Crippen LogP contribution in [-0.4, -0.2) is 60.2 Å². The molecule has 3 N–H and O–H groups in total. The van der Waals surface area contributed by atoms with Crippen LogP contribution in [0.25, 0.3) is 17.0 Å². The number of aliphatic imine (C=N–C) groups is 1. The molecule has 0 bridgehead atoms. The van der Waals surface area contributed by atoms with Crippen molar-refractivity contribution in [2.45, 2.75) is 0 Å². The molecule has 0 radical (unpaired) electrons. The summed E-state index contributed by atoms with van der Waals surface area (Å²) in [5.41, 5.74) is 4.32. The summed E-state index contributed by atoms with van der Waals surface area (Å²) >= 11 is 0. The van der Waals surface area contributed by atoms with Crippen LogP contribution in [0.4, 0.5) is 11.4 Å². The van der Waals surface area contributed by atoms with Gasteiger partial charge >= 0.3 is 0 Å². The highest BCUT2D eigenvalue weighted by atomic mass is 16.2. The maximum Gasteiger partial charge on any atom is 0.276 e. The van der Waals surface area contributed by atoms with E-state index in [1.807, 2.05) is 30.3 Å². The molecule has 0 spiro atoms. The first kappa shape index (κ1) is 18.4. The average Bonchev–Trinajstić information content (AvgIpc) is 3.35. The van der Waals surface area contributed by atoms with Gasteiger partial charge in [-0.2, -0.15) is 5.10 Å². The summed E-state index contributed by atoms with van der Waals surface area (Å²) in [5.74, 6) is 0.210. The second-order valence-corrected chi connectivity index (χ2v) is 7.62. The monoisotopic (exact) mass is 401 g/mol. The molecule has 152 valence electrons. The Balaban J connectivity index is 1.28. The highest BCUT2D eigenvalue weighted by Crippen LogP contribution is 2.21. The van der Waals surface area contributed by atoms with Crippen LogP contribution >= 0.6 is 0 Å². The number of likely N-dealkylation sites (N-methyl/N-ethyl adjacent to an activating group) is 1. The van der Waals surface area contributed by atoms with Crippen molar-refractivity contribution in [1.29, 1.82) is 0 Å². The highest BCUT2D eigenvalue weighted by Gasteiger charge is 2.20. The second-order valence-electron chi connectivity index (χ2n) is 7.62. The van der Waals surface area contributed by atoms with Crippen molar-refractivity contribution in [2.75, 3.05) is 43.4 Å². The molecule has 8 nitrogen and oxygen atoms in total. The number of anilines is 2. The van der Waals surface area contributed by atoms with Gasteiger partial charge in [-0.1, -0.05) is 6.07 Å². The minimum absolute atomic E-state index is 0.223. The molecule has 3 heterocycles. The molecule has 1 aromatic heterocycles. The maximum atomic E-state index is 12.3. The highest BCUT2D eigenvalue weighted by molar-refractivity contribution is 6.17. The van der Waals surface area contributed by atoms with Crippen molar-refractivity contribution in [3.05, 3.63) is 59.9 Å². The number of fused-ring (bicyclic) bond motifs is 1. The number of carbonyl (C=O) groups is 1. The van der Waals surface area contributed by atoms with E-state index in [4.69, 9.17) is 0 Å². The number of hydrogen-bond acceptors (Lipinski definition) is 6. The predicted octanol–water partition coefficient (Wildman–Crippen LogP) is 2.25. The van der Waals surface area contributed by atoms with Crippen LogP contribution in [0.15, 0.2) is 59.4 Å². The summed E-state index contributed by atoms with van der Waals surface area (Å²) in [6.45, 7) is 4.21. The third-order valence-electron chi connectivity index (χ3n) is 5.46. The molecule has 0 aliphatic carbocycles. The quantitative estimate of drug-likeness (QED) is 0.586. The van der Waals surface area contributed by atoms with Crippen molar-refractivity contribution in [3.63, 3.8) is 0 Å². The first-order valence-corrected chi connectivity index (χ1v) is 9.99. The van der Waals surface area contributed by atoms with Crippen LogP contribution in [-0.2, 0) is 4.79 Å². The zero-order valence-corrected chi connectivity index (χ0v) is 16.7. The molecule has 0 unspecified atom stereocenters. The lowest BCUT2D eigenvalue weighted by molar-refractivity contribution is -0.115. The number of H-pyrrole nitrogens is 1. The Morgan fingerprint density at radius 2 is 1.87 bits per heavy atom. The fourth-order valence-corrected chi connectivity index (χ4v) is 3.69. The Kier molecular flexibility index (Phi) is 4.68. The van der Waals surface area contributed by atoms with Gasteiger partial charge in [0.1, 0.15) is 5.70 Å². The fraction of sp³-hybridized carbons (Fsp3) is 0.227. The summed E-state index contributed by atoms with van der Waals surface area (Å²) in [5, 5.41) is 13.9. The van der Waals surface area contributed by atoms with Gasteiger partial charge in [0.15, 0.2) is 0 Å². The van der Waals surface area contributed by atoms with Gasteiger partial charge in [0.2, 0.25) is 5.96 Å². The van der Waals surface area contributed by atoms with Gasteiger partial charge in [-0.3, -0.25) is 15.2 Å². The standard InChI is InChI=1S/C22H23N7O/c1-28-8-10-29(11-9-28)18-5-3-17(4-6-18)24-22-25-20(21(30)26-22)13-15-2-7-19-16(12-15)14-23-27-19/h2-7,12-14H,8-11H2,1H3,(H,23,27)(H2,24,25,26,30)/b20-13-. The maximum absolute atomic E-state index is 12.3. The first-order valence-electron chi connectivity index (χ1n) is 9.99. The lowest BCUT2D eigenvalue weighted by atomic mass is 10.1. The molecule has 30 heavy (non-hydrogen) atoms. The summed E-state index contributed by atoms with van der Waals surface area (Å²) in [4.78, 5) is 21.5. The fourth-order valence-electron chi connectivity index (χ4n) is 3.69. The Labute approximate surface area is 174 Å². The van der Waals surface area contributed by atoms with Crippen LogP contribution in [0, 0.1) is 0 Å². The molecule has 2 aliphatic heterocycles. The second kappa shape index (κ2) is 7.64. The molecule has 8 heteroatoms. The molecule has 1 saturated heterocycles. The molecule has 0 saturated carbocycles. The van der Waals surface area contributed by atoms with Gasteiger partial charge in [0.25, 0.3) is 5.91 Å². The number of hydrogen-bond donors (Lipinski definition) is 3. The number of rotatable bonds is 3. The molecule has 1 fully saturated rings. The zero-order valence-electron chi connectivity index (χ0n) is 16.7. The Morgan fingerprint density at radius 1 is 1.07 bits per heavy atom. The van der Waals surface area contributed by atoms with Crippen molar-refractivity contribution < 1.29 is 4.79 Å². The van der Waals surface area contributed by atoms with Gasteiger partial charge in [-0.05, 0) is 55.1 Å². The third-order valence-corrected chi connectivity index (χ3v) is 5.46. The number of piperazine rings is 1. The number of aromatic nitrogens is 2. The van der Waals surface area contributed by atoms with Crippen molar-refractivity contribution >= 4 is 40.2 Å². The number of aromatic amines is 1. The third kappa shape index (κ3) is 3.77. The summed E-state index contributed by atoms with van der Waals surface area (Å²) in [6.07, 6.45) is 3.53. The van der Waals surface area contributed by atoms with Gasteiger partial charge in [0, 0.05) is 42.9 Å². The van der Waals surface area contributed by atoms with E-state index in [0.29, 0.717) is 11.7 Å². The van der Waals surface area contributed by atoms with Gasteiger partial charge in [-0.25, -0.2) is 4.99 Å².